The molecule has 0 atom stereocenters. The maximum atomic E-state index is 12.1. The van der Waals surface area contributed by atoms with Crippen LogP contribution >= 0.6 is 11.6 Å². The van der Waals surface area contributed by atoms with Gasteiger partial charge in [-0.25, -0.2) is 0 Å². The van der Waals surface area contributed by atoms with Crippen LogP contribution in [-0.4, -0.2) is 31.7 Å². The maximum Gasteiger partial charge on any atom is 0.253 e. The molecule has 6 heteroatoms. The third-order valence-corrected chi connectivity index (χ3v) is 3.62. The van der Waals surface area contributed by atoms with E-state index in [4.69, 9.17) is 21.1 Å². The summed E-state index contributed by atoms with van der Waals surface area (Å²) in [5.41, 5.74) is 2.22. The number of carbonyl (C=O) groups excluding carboxylic acids is 1. The first-order valence-electron chi connectivity index (χ1n) is 5.90. The topological polar surface area (TPSA) is 63.4 Å². The fourth-order valence-electron chi connectivity index (χ4n) is 2.52. The van der Waals surface area contributed by atoms with Crippen LogP contribution in [-0.2, 0) is 6.42 Å². The average Bonchev–Trinajstić information content (AvgIpc) is 2.78. The summed E-state index contributed by atoms with van der Waals surface area (Å²) in [5.74, 6) is 0.977. The highest BCUT2D eigenvalue weighted by molar-refractivity contribution is 6.34. The van der Waals surface area contributed by atoms with Crippen molar-refractivity contribution in [1.29, 1.82) is 0 Å². The number of hydrogen-bond acceptors (Lipinski definition) is 3. The number of fused-ring (bicyclic) bond motifs is 3. The number of carbonyl (C=O) groups is 1. The number of amides is 1. The van der Waals surface area contributed by atoms with Gasteiger partial charge in [0.25, 0.3) is 5.91 Å². The Kier molecular flexibility index (Phi) is 2.78. The van der Waals surface area contributed by atoms with Crippen LogP contribution in [0.5, 0.6) is 11.5 Å². The predicted molar refractivity (Wildman–Crippen MR) is 72.4 cm³/mol. The van der Waals surface area contributed by atoms with Gasteiger partial charge in [-0.3, -0.25) is 4.79 Å². The highest BCUT2D eigenvalue weighted by atomic mass is 35.5. The standard InChI is InChI=1S/C13H13ClN2O3/c1-18-8-5-6(14)12(19-2)10-9-7(16-11(8)10)3-4-15-13(9)17/h5,16H,3-4H2,1-2H3,(H,15,17). The van der Waals surface area contributed by atoms with Crippen molar-refractivity contribution in [2.24, 2.45) is 0 Å². The third-order valence-electron chi connectivity index (χ3n) is 3.34. The molecule has 0 saturated heterocycles. The number of nitrogens with one attached hydrogen (secondary N) is 2. The lowest BCUT2D eigenvalue weighted by Gasteiger charge is -2.13. The number of hydrogen-bond donors (Lipinski definition) is 2. The summed E-state index contributed by atoms with van der Waals surface area (Å²) < 4.78 is 10.7. The molecule has 3 rings (SSSR count). The van der Waals surface area contributed by atoms with E-state index in [2.05, 4.69) is 10.3 Å². The van der Waals surface area contributed by atoms with Crippen molar-refractivity contribution in [2.75, 3.05) is 20.8 Å². The normalized spacial score (nSPS) is 14.2. The first-order valence-corrected chi connectivity index (χ1v) is 6.28. The minimum Gasteiger partial charge on any atom is -0.494 e. The van der Waals surface area contributed by atoms with Gasteiger partial charge in [-0.2, -0.15) is 0 Å². The fraction of sp³-hybridized carbons (Fsp3) is 0.308. The fourth-order valence-corrected chi connectivity index (χ4v) is 2.79. The highest BCUT2D eigenvalue weighted by Crippen LogP contribution is 2.42. The molecule has 0 fully saturated rings. The number of halogens is 1. The molecule has 100 valence electrons. The minimum atomic E-state index is -0.116. The Labute approximate surface area is 114 Å². The largest absolute Gasteiger partial charge is 0.494 e. The van der Waals surface area contributed by atoms with E-state index in [0.717, 1.165) is 17.6 Å². The molecule has 2 N–H and O–H groups in total. The van der Waals surface area contributed by atoms with Crippen LogP contribution < -0.4 is 14.8 Å². The van der Waals surface area contributed by atoms with Gasteiger partial charge in [0.05, 0.1) is 35.7 Å². The zero-order valence-electron chi connectivity index (χ0n) is 10.6. The summed E-state index contributed by atoms with van der Waals surface area (Å²) in [6.45, 7) is 0.622. The van der Waals surface area contributed by atoms with Crippen LogP contribution in [0.15, 0.2) is 6.07 Å². The molecule has 0 aliphatic carbocycles. The van der Waals surface area contributed by atoms with Gasteiger partial charge in [0.15, 0.2) is 0 Å². The summed E-state index contributed by atoms with van der Waals surface area (Å²) in [4.78, 5) is 15.3. The van der Waals surface area contributed by atoms with E-state index >= 15 is 0 Å². The molecule has 5 nitrogen and oxygen atoms in total. The van der Waals surface area contributed by atoms with Crippen LogP contribution in [0.2, 0.25) is 5.02 Å². The van der Waals surface area contributed by atoms with Gasteiger partial charge in [0.1, 0.15) is 11.5 Å². The third kappa shape index (κ3) is 1.65. The van der Waals surface area contributed by atoms with Gasteiger partial charge in [0, 0.05) is 24.7 Å². The van der Waals surface area contributed by atoms with E-state index in [1.807, 2.05) is 0 Å². The maximum absolute atomic E-state index is 12.1. The molecule has 1 aliphatic rings. The number of ether oxygens (including phenoxy) is 2. The molecule has 0 spiro atoms. The molecule has 0 radical (unpaired) electrons. The van der Waals surface area contributed by atoms with E-state index in [1.165, 1.54) is 7.11 Å². The summed E-state index contributed by atoms with van der Waals surface area (Å²) in [6.07, 6.45) is 0.750. The van der Waals surface area contributed by atoms with Gasteiger partial charge in [-0.15, -0.1) is 0 Å². The molecule has 19 heavy (non-hydrogen) atoms. The SMILES string of the molecule is COc1cc(Cl)c(OC)c2c3c([nH]c12)CCNC3=O. The molecule has 1 aliphatic heterocycles. The molecule has 1 amide bonds. The Morgan fingerprint density at radius 3 is 2.79 bits per heavy atom. The van der Waals surface area contributed by atoms with Crippen LogP contribution in [0.4, 0.5) is 0 Å². The number of aromatic amines is 1. The number of H-pyrrole nitrogens is 1. The van der Waals surface area contributed by atoms with Crippen LogP contribution in [0.3, 0.4) is 0 Å². The van der Waals surface area contributed by atoms with Crippen molar-refractivity contribution < 1.29 is 14.3 Å². The molecule has 2 heterocycles. The van der Waals surface area contributed by atoms with Gasteiger partial charge in [0.2, 0.25) is 0 Å². The van der Waals surface area contributed by atoms with Crippen molar-refractivity contribution >= 4 is 28.4 Å². The first-order chi connectivity index (χ1) is 9.17. The van der Waals surface area contributed by atoms with Crippen molar-refractivity contribution in [3.05, 3.63) is 22.3 Å². The smallest absolute Gasteiger partial charge is 0.253 e. The summed E-state index contributed by atoms with van der Waals surface area (Å²) in [7, 11) is 3.10. The second-order valence-corrected chi connectivity index (χ2v) is 4.74. The lowest BCUT2D eigenvalue weighted by Crippen LogP contribution is -2.31. The lowest BCUT2D eigenvalue weighted by molar-refractivity contribution is 0.0947. The quantitative estimate of drug-likeness (QED) is 0.886. The monoisotopic (exact) mass is 280 g/mol. The average molecular weight is 281 g/mol. The van der Waals surface area contributed by atoms with Crippen molar-refractivity contribution in [2.45, 2.75) is 6.42 Å². The molecule has 0 saturated carbocycles. The van der Waals surface area contributed by atoms with E-state index in [9.17, 15) is 4.79 Å². The second-order valence-electron chi connectivity index (χ2n) is 4.33. The summed E-state index contributed by atoms with van der Waals surface area (Å²) in [6, 6.07) is 1.68. The van der Waals surface area contributed by atoms with E-state index in [1.54, 1.807) is 13.2 Å². The Morgan fingerprint density at radius 2 is 2.11 bits per heavy atom. The molecule has 2 aromatic rings. The van der Waals surface area contributed by atoms with Crippen LogP contribution in [0.25, 0.3) is 10.9 Å². The molecule has 0 bridgehead atoms. The van der Waals surface area contributed by atoms with Crippen molar-refractivity contribution in [1.82, 2.24) is 10.3 Å². The van der Waals surface area contributed by atoms with E-state index in [-0.39, 0.29) is 5.91 Å². The molecular formula is C13H13ClN2O3. The van der Waals surface area contributed by atoms with Crippen molar-refractivity contribution in [3.8, 4) is 11.5 Å². The molecule has 1 aromatic carbocycles. The minimum absolute atomic E-state index is 0.116. The lowest BCUT2D eigenvalue weighted by atomic mass is 10.0. The van der Waals surface area contributed by atoms with Crippen LogP contribution in [0, 0.1) is 0 Å². The first kappa shape index (κ1) is 12.2. The Balaban J connectivity index is 2.45. The summed E-state index contributed by atoms with van der Waals surface area (Å²) in [5, 5.41) is 3.93. The Hall–Kier alpha value is -1.88. The number of methoxy groups -OCH3 is 2. The molecule has 0 unspecified atom stereocenters. The Bertz CT molecular complexity index is 678. The number of aromatic nitrogens is 1. The highest BCUT2D eigenvalue weighted by Gasteiger charge is 2.27. The van der Waals surface area contributed by atoms with Gasteiger partial charge in [-0.05, 0) is 0 Å². The zero-order valence-corrected chi connectivity index (χ0v) is 11.4. The second kappa shape index (κ2) is 4.35. The summed E-state index contributed by atoms with van der Waals surface area (Å²) >= 11 is 6.18. The number of rotatable bonds is 2. The Morgan fingerprint density at radius 1 is 1.32 bits per heavy atom. The molecule has 1 aromatic heterocycles. The molecular weight excluding hydrogens is 268 g/mol. The van der Waals surface area contributed by atoms with Gasteiger partial charge < -0.3 is 19.8 Å². The zero-order chi connectivity index (χ0) is 13.6. The van der Waals surface area contributed by atoms with E-state index in [0.29, 0.717) is 34.0 Å². The van der Waals surface area contributed by atoms with Gasteiger partial charge in [-0.1, -0.05) is 11.6 Å². The van der Waals surface area contributed by atoms with Crippen LogP contribution in [0.1, 0.15) is 16.1 Å². The van der Waals surface area contributed by atoms with Gasteiger partial charge >= 0.3 is 0 Å². The van der Waals surface area contributed by atoms with Crippen molar-refractivity contribution in [3.63, 3.8) is 0 Å². The number of benzene rings is 1. The predicted octanol–water partition coefficient (Wildman–Crippen LogP) is 2.12. The van der Waals surface area contributed by atoms with E-state index < -0.39 is 0 Å².